The van der Waals surface area contributed by atoms with Gasteiger partial charge in [-0.2, -0.15) is 0 Å². The molecule has 0 aromatic carbocycles. The minimum absolute atomic E-state index is 0.0988. The highest BCUT2D eigenvalue weighted by atomic mass is 35.5. The largest absolute Gasteiger partial charge is 0.371 e. The maximum Gasteiger partial charge on any atom is 0.268 e. The Morgan fingerprint density at radius 3 is 2.75 bits per heavy atom. The first-order valence-electron chi connectivity index (χ1n) is 3.47. The SMILES string of the molecule is CCNc1[nH]c(=O)c(Cl)cc1Cl. The van der Waals surface area contributed by atoms with E-state index in [-0.39, 0.29) is 10.6 Å². The molecule has 1 rings (SSSR count). The van der Waals surface area contributed by atoms with Crippen LogP contribution in [0, 0.1) is 0 Å². The average molecular weight is 207 g/mol. The number of aromatic amines is 1. The molecule has 0 radical (unpaired) electrons. The molecule has 3 nitrogen and oxygen atoms in total. The summed E-state index contributed by atoms with van der Waals surface area (Å²) in [6.45, 7) is 2.60. The quantitative estimate of drug-likeness (QED) is 0.779. The van der Waals surface area contributed by atoms with E-state index in [9.17, 15) is 4.79 Å². The topological polar surface area (TPSA) is 44.9 Å². The van der Waals surface area contributed by atoms with E-state index in [1.54, 1.807) is 0 Å². The first-order chi connectivity index (χ1) is 5.65. The van der Waals surface area contributed by atoms with E-state index in [4.69, 9.17) is 23.2 Å². The number of hydrogen-bond donors (Lipinski definition) is 2. The summed E-state index contributed by atoms with van der Waals surface area (Å²) in [4.78, 5) is 13.5. The molecule has 0 atom stereocenters. The molecule has 12 heavy (non-hydrogen) atoms. The second kappa shape index (κ2) is 3.83. The van der Waals surface area contributed by atoms with Crippen molar-refractivity contribution >= 4 is 29.0 Å². The lowest BCUT2D eigenvalue weighted by Crippen LogP contribution is -2.10. The summed E-state index contributed by atoms with van der Waals surface area (Å²) in [6.07, 6.45) is 0. The van der Waals surface area contributed by atoms with Crippen LogP contribution in [0.4, 0.5) is 5.82 Å². The van der Waals surface area contributed by atoms with Crippen LogP contribution in [0.1, 0.15) is 6.92 Å². The van der Waals surface area contributed by atoms with Gasteiger partial charge >= 0.3 is 0 Å². The minimum Gasteiger partial charge on any atom is -0.371 e. The van der Waals surface area contributed by atoms with Gasteiger partial charge in [0.2, 0.25) is 0 Å². The molecule has 0 unspecified atom stereocenters. The molecule has 0 saturated carbocycles. The van der Waals surface area contributed by atoms with Gasteiger partial charge in [-0.05, 0) is 13.0 Å². The predicted molar refractivity (Wildman–Crippen MR) is 51.2 cm³/mol. The number of rotatable bonds is 2. The maximum atomic E-state index is 11.0. The third-order valence-electron chi connectivity index (χ3n) is 1.30. The normalized spacial score (nSPS) is 9.92. The summed E-state index contributed by atoms with van der Waals surface area (Å²) < 4.78 is 0. The Hall–Kier alpha value is -0.670. The second-order valence-electron chi connectivity index (χ2n) is 2.20. The van der Waals surface area contributed by atoms with Crippen molar-refractivity contribution in [1.29, 1.82) is 0 Å². The standard InChI is InChI=1S/C7H8Cl2N2O/c1-2-10-6-4(8)3-5(9)7(12)11-6/h3H,2H2,1H3,(H2,10,11,12). The number of H-pyrrole nitrogens is 1. The van der Waals surface area contributed by atoms with Gasteiger partial charge in [0.25, 0.3) is 5.56 Å². The lowest BCUT2D eigenvalue weighted by Gasteiger charge is -2.04. The Bertz CT molecular complexity index is 335. The lowest BCUT2D eigenvalue weighted by atomic mass is 10.4. The summed E-state index contributed by atoms with van der Waals surface area (Å²) in [7, 11) is 0. The van der Waals surface area contributed by atoms with E-state index in [2.05, 4.69) is 10.3 Å². The Kier molecular flexibility index (Phi) is 3.00. The molecule has 0 bridgehead atoms. The number of halogens is 2. The monoisotopic (exact) mass is 206 g/mol. The number of hydrogen-bond acceptors (Lipinski definition) is 2. The molecule has 2 N–H and O–H groups in total. The number of anilines is 1. The van der Waals surface area contributed by atoms with E-state index in [1.807, 2.05) is 6.92 Å². The fourth-order valence-electron chi connectivity index (χ4n) is 0.787. The molecule has 0 spiro atoms. The van der Waals surface area contributed by atoms with Crippen molar-refractivity contribution < 1.29 is 0 Å². The number of nitrogens with one attached hydrogen (secondary N) is 2. The van der Waals surface area contributed by atoms with Gasteiger partial charge in [0, 0.05) is 6.54 Å². The number of pyridine rings is 1. The van der Waals surface area contributed by atoms with E-state index in [1.165, 1.54) is 6.07 Å². The Morgan fingerprint density at radius 1 is 1.50 bits per heavy atom. The van der Waals surface area contributed by atoms with Gasteiger partial charge in [0.05, 0.1) is 5.02 Å². The zero-order valence-corrected chi connectivity index (χ0v) is 7.96. The molecule has 1 heterocycles. The lowest BCUT2D eigenvalue weighted by molar-refractivity contribution is 1.14. The first kappa shape index (κ1) is 9.42. The highest BCUT2D eigenvalue weighted by Crippen LogP contribution is 2.19. The van der Waals surface area contributed by atoms with Crippen LogP contribution in [0.25, 0.3) is 0 Å². The van der Waals surface area contributed by atoms with Crippen molar-refractivity contribution in [1.82, 2.24) is 4.98 Å². The zero-order valence-electron chi connectivity index (χ0n) is 6.45. The number of aromatic nitrogens is 1. The van der Waals surface area contributed by atoms with Crippen LogP contribution in [0.15, 0.2) is 10.9 Å². The maximum absolute atomic E-state index is 11.0. The van der Waals surface area contributed by atoms with Crippen LogP contribution < -0.4 is 10.9 Å². The van der Waals surface area contributed by atoms with E-state index < -0.39 is 0 Å². The van der Waals surface area contributed by atoms with E-state index >= 15 is 0 Å². The molecule has 0 amide bonds. The zero-order chi connectivity index (χ0) is 9.14. The molecule has 0 aliphatic carbocycles. The summed E-state index contributed by atoms with van der Waals surface area (Å²) in [5, 5.41) is 3.41. The molecular formula is C7H8Cl2N2O. The highest BCUT2D eigenvalue weighted by molar-refractivity contribution is 6.35. The molecule has 1 aromatic rings. The van der Waals surface area contributed by atoms with Gasteiger partial charge in [-0.15, -0.1) is 0 Å². The average Bonchev–Trinajstić information content (AvgIpc) is 2.01. The van der Waals surface area contributed by atoms with Gasteiger partial charge in [0.1, 0.15) is 10.8 Å². The Balaban J connectivity index is 3.14. The molecule has 66 valence electrons. The van der Waals surface area contributed by atoms with Gasteiger partial charge in [0.15, 0.2) is 0 Å². The van der Waals surface area contributed by atoms with E-state index in [0.29, 0.717) is 17.4 Å². The fraction of sp³-hybridized carbons (Fsp3) is 0.286. The van der Waals surface area contributed by atoms with Crippen LogP contribution >= 0.6 is 23.2 Å². The molecule has 1 aromatic heterocycles. The fourth-order valence-corrected chi connectivity index (χ4v) is 1.22. The van der Waals surface area contributed by atoms with Crippen molar-refractivity contribution in [2.75, 3.05) is 11.9 Å². The third kappa shape index (κ3) is 1.93. The van der Waals surface area contributed by atoms with Crippen LogP contribution in [-0.4, -0.2) is 11.5 Å². The van der Waals surface area contributed by atoms with Gasteiger partial charge in [-0.3, -0.25) is 4.79 Å². The summed E-state index contributed by atoms with van der Waals surface area (Å²) in [6, 6.07) is 1.42. The van der Waals surface area contributed by atoms with Crippen molar-refractivity contribution in [2.45, 2.75) is 6.92 Å². The van der Waals surface area contributed by atoms with Gasteiger partial charge in [-0.25, -0.2) is 0 Å². The third-order valence-corrected chi connectivity index (χ3v) is 1.88. The van der Waals surface area contributed by atoms with Crippen molar-refractivity contribution in [2.24, 2.45) is 0 Å². The molecule has 0 aliphatic rings. The molecule has 0 saturated heterocycles. The smallest absolute Gasteiger partial charge is 0.268 e. The minimum atomic E-state index is -0.336. The molecule has 0 aliphatic heterocycles. The molecule has 0 fully saturated rings. The van der Waals surface area contributed by atoms with E-state index in [0.717, 1.165) is 0 Å². The Labute approximate surface area is 79.7 Å². The van der Waals surface area contributed by atoms with Crippen molar-refractivity contribution in [3.05, 3.63) is 26.5 Å². The highest BCUT2D eigenvalue weighted by Gasteiger charge is 2.03. The van der Waals surface area contributed by atoms with Crippen LogP contribution in [-0.2, 0) is 0 Å². The molecular weight excluding hydrogens is 199 g/mol. The van der Waals surface area contributed by atoms with Crippen molar-refractivity contribution in [3.63, 3.8) is 0 Å². The second-order valence-corrected chi connectivity index (χ2v) is 3.01. The Morgan fingerprint density at radius 2 is 2.17 bits per heavy atom. The van der Waals surface area contributed by atoms with Gasteiger partial charge in [-0.1, -0.05) is 23.2 Å². The van der Waals surface area contributed by atoms with Gasteiger partial charge < -0.3 is 10.3 Å². The predicted octanol–water partition coefficient (Wildman–Crippen LogP) is 2.11. The van der Waals surface area contributed by atoms with Crippen molar-refractivity contribution in [3.8, 4) is 0 Å². The van der Waals surface area contributed by atoms with Crippen LogP contribution in [0.3, 0.4) is 0 Å². The van der Waals surface area contributed by atoms with Crippen LogP contribution in [0.5, 0.6) is 0 Å². The molecule has 5 heteroatoms. The van der Waals surface area contributed by atoms with Crippen LogP contribution in [0.2, 0.25) is 10.0 Å². The summed E-state index contributed by atoms with van der Waals surface area (Å²) >= 11 is 11.3. The first-order valence-corrected chi connectivity index (χ1v) is 4.23. The summed E-state index contributed by atoms with van der Waals surface area (Å²) in [5.74, 6) is 0.508. The summed E-state index contributed by atoms with van der Waals surface area (Å²) in [5.41, 5.74) is -0.336.